The standard InChI is InChI=1S/C18H29N3O6S/c1-20-17(14-5-4-6-15(24-2)18(14)25-3)16(13-27-20)28(22,23)19-7-8-21-9-11-26-12-10-21/h4-6,16-17,19H,7-13H2,1-3H3. The minimum absolute atomic E-state index is 0.0778. The van der Waals surface area contributed by atoms with Gasteiger partial charge in [0.25, 0.3) is 0 Å². The Labute approximate surface area is 166 Å². The van der Waals surface area contributed by atoms with Crippen LogP contribution in [0.2, 0.25) is 0 Å². The van der Waals surface area contributed by atoms with Crippen molar-refractivity contribution in [3.05, 3.63) is 23.8 Å². The molecule has 3 rings (SSSR count). The molecule has 2 aliphatic rings. The molecule has 2 atom stereocenters. The van der Waals surface area contributed by atoms with Gasteiger partial charge in [-0.1, -0.05) is 12.1 Å². The topological polar surface area (TPSA) is 89.6 Å². The highest BCUT2D eigenvalue weighted by molar-refractivity contribution is 7.90. The Hall–Kier alpha value is -1.43. The van der Waals surface area contributed by atoms with E-state index in [1.54, 1.807) is 32.4 Å². The molecule has 0 amide bonds. The van der Waals surface area contributed by atoms with Crippen molar-refractivity contribution in [3.8, 4) is 11.5 Å². The van der Waals surface area contributed by atoms with E-state index in [-0.39, 0.29) is 6.61 Å². The summed E-state index contributed by atoms with van der Waals surface area (Å²) in [5.41, 5.74) is 0.713. The number of nitrogens with zero attached hydrogens (tertiary/aromatic N) is 2. The van der Waals surface area contributed by atoms with E-state index >= 15 is 0 Å². The van der Waals surface area contributed by atoms with Crippen LogP contribution in [0.25, 0.3) is 0 Å². The van der Waals surface area contributed by atoms with Crippen LogP contribution in [0.4, 0.5) is 0 Å². The molecule has 0 aliphatic carbocycles. The second kappa shape index (κ2) is 9.38. The summed E-state index contributed by atoms with van der Waals surface area (Å²) in [6.07, 6.45) is 0. The number of hydroxylamine groups is 2. The number of hydrogen-bond donors (Lipinski definition) is 1. The maximum Gasteiger partial charge on any atom is 0.218 e. The van der Waals surface area contributed by atoms with Crippen molar-refractivity contribution < 1.29 is 27.5 Å². The van der Waals surface area contributed by atoms with Crippen LogP contribution >= 0.6 is 0 Å². The van der Waals surface area contributed by atoms with Crippen molar-refractivity contribution in [3.63, 3.8) is 0 Å². The Morgan fingerprint density at radius 3 is 2.64 bits per heavy atom. The highest BCUT2D eigenvalue weighted by Crippen LogP contribution is 2.41. The lowest BCUT2D eigenvalue weighted by atomic mass is 10.0. The van der Waals surface area contributed by atoms with Gasteiger partial charge < -0.3 is 14.2 Å². The highest BCUT2D eigenvalue weighted by atomic mass is 32.2. The molecule has 9 nitrogen and oxygen atoms in total. The number of hydrogen-bond acceptors (Lipinski definition) is 8. The first-order valence-corrected chi connectivity index (χ1v) is 10.9. The molecule has 0 radical (unpaired) electrons. The van der Waals surface area contributed by atoms with Crippen LogP contribution in [0, 0.1) is 0 Å². The van der Waals surface area contributed by atoms with Gasteiger partial charge >= 0.3 is 0 Å². The molecule has 1 aromatic rings. The molecule has 1 N–H and O–H groups in total. The Bertz CT molecular complexity index is 754. The maximum atomic E-state index is 13.0. The predicted octanol–water partition coefficient (Wildman–Crippen LogP) is 0.242. The van der Waals surface area contributed by atoms with Crippen LogP contribution in [0.3, 0.4) is 0 Å². The molecule has 0 saturated carbocycles. The zero-order chi connectivity index (χ0) is 20.1. The minimum Gasteiger partial charge on any atom is -0.493 e. The van der Waals surface area contributed by atoms with Crippen molar-refractivity contribution >= 4 is 10.0 Å². The van der Waals surface area contributed by atoms with Crippen LogP contribution in [-0.4, -0.2) is 90.9 Å². The lowest BCUT2D eigenvalue weighted by Gasteiger charge is -2.27. The first kappa shape index (κ1) is 21.3. The maximum absolute atomic E-state index is 13.0. The Balaban J connectivity index is 1.75. The average Bonchev–Trinajstić information content (AvgIpc) is 3.10. The zero-order valence-corrected chi connectivity index (χ0v) is 17.4. The molecular weight excluding hydrogens is 386 g/mol. The van der Waals surface area contributed by atoms with E-state index in [1.807, 2.05) is 12.1 Å². The number of methoxy groups -OCH3 is 2. The van der Waals surface area contributed by atoms with Gasteiger partial charge in [0.2, 0.25) is 10.0 Å². The van der Waals surface area contributed by atoms with Gasteiger partial charge in [0.1, 0.15) is 5.25 Å². The molecule has 158 valence electrons. The molecule has 2 aliphatic heterocycles. The summed E-state index contributed by atoms with van der Waals surface area (Å²) in [6, 6.07) is 4.93. The highest BCUT2D eigenvalue weighted by Gasteiger charge is 2.44. The van der Waals surface area contributed by atoms with E-state index in [0.717, 1.165) is 13.1 Å². The van der Waals surface area contributed by atoms with Crippen molar-refractivity contribution in [2.24, 2.45) is 0 Å². The number of ether oxygens (including phenoxy) is 3. The van der Waals surface area contributed by atoms with Crippen molar-refractivity contribution in [1.82, 2.24) is 14.7 Å². The van der Waals surface area contributed by atoms with Gasteiger partial charge in [-0.15, -0.1) is 0 Å². The molecule has 2 saturated heterocycles. The van der Waals surface area contributed by atoms with E-state index in [1.165, 1.54) is 0 Å². The molecule has 0 aromatic heterocycles. The molecule has 2 fully saturated rings. The second-order valence-electron chi connectivity index (χ2n) is 6.80. The summed E-state index contributed by atoms with van der Waals surface area (Å²) in [6.45, 7) is 4.09. The summed E-state index contributed by atoms with van der Waals surface area (Å²) in [7, 11) is 1.22. The SMILES string of the molecule is COc1cccc(C2C(S(=O)(=O)NCCN3CCOCC3)CON2C)c1OC. The van der Waals surface area contributed by atoms with Crippen LogP contribution in [0.5, 0.6) is 11.5 Å². The summed E-state index contributed by atoms with van der Waals surface area (Å²) >= 11 is 0. The number of rotatable bonds is 8. The largest absolute Gasteiger partial charge is 0.493 e. The molecule has 0 spiro atoms. The Morgan fingerprint density at radius 1 is 1.21 bits per heavy atom. The van der Waals surface area contributed by atoms with Gasteiger partial charge in [-0.05, 0) is 6.07 Å². The second-order valence-corrected chi connectivity index (χ2v) is 8.79. The van der Waals surface area contributed by atoms with Crippen molar-refractivity contribution in [2.45, 2.75) is 11.3 Å². The lowest BCUT2D eigenvalue weighted by molar-refractivity contribution is -0.110. The minimum atomic E-state index is -3.61. The zero-order valence-electron chi connectivity index (χ0n) is 16.6. The molecule has 2 unspecified atom stereocenters. The summed E-state index contributed by atoms with van der Waals surface area (Å²) in [5.74, 6) is 1.07. The Kier molecular flexibility index (Phi) is 7.13. The molecular formula is C18H29N3O6S. The van der Waals surface area contributed by atoms with Crippen LogP contribution in [0.1, 0.15) is 11.6 Å². The quantitative estimate of drug-likeness (QED) is 0.646. The first-order valence-electron chi connectivity index (χ1n) is 9.33. The molecule has 1 aromatic carbocycles. The van der Waals surface area contributed by atoms with Gasteiger partial charge in [-0.2, -0.15) is 5.06 Å². The number of benzene rings is 1. The fourth-order valence-electron chi connectivity index (χ4n) is 3.67. The van der Waals surface area contributed by atoms with Crippen LogP contribution in [0.15, 0.2) is 18.2 Å². The van der Waals surface area contributed by atoms with Gasteiger partial charge in [0.05, 0.1) is 40.1 Å². The van der Waals surface area contributed by atoms with E-state index < -0.39 is 21.3 Å². The third-order valence-electron chi connectivity index (χ3n) is 5.17. The van der Waals surface area contributed by atoms with E-state index in [2.05, 4.69) is 9.62 Å². The summed E-state index contributed by atoms with van der Waals surface area (Å²) < 4.78 is 45.0. The van der Waals surface area contributed by atoms with Crippen LogP contribution < -0.4 is 14.2 Å². The van der Waals surface area contributed by atoms with E-state index in [9.17, 15) is 8.42 Å². The Morgan fingerprint density at radius 2 is 1.96 bits per heavy atom. The fraction of sp³-hybridized carbons (Fsp3) is 0.667. The van der Waals surface area contributed by atoms with Crippen LogP contribution in [-0.2, 0) is 19.6 Å². The number of morpholine rings is 1. The molecule has 0 bridgehead atoms. The predicted molar refractivity (Wildman–Crippen MR) is 104 cm³/mol. The van der Waals surface area contributed by atoms with Gasteiger partial charge in [-0.3, -0.25) is 9.74 Å². The third kappa shape index (κ3) is 4.58. The third-order valence-corrected chi connectivity index (χ3v) is 6.97. The fourth-order valence-corrected chi connectivity index (χ4v) is 5.16. The van der Waals surface area contributed by atoms with Gasteiger partial charge in [0, 0.05) is 38.8 Å². The summed E-state index contributed by atoms with van der Waals surface area (Å²) in [5, 5.41) is 0.812. The number of sulfonamides is 1. The molecule has 2 heterocycles. The smallest absolute Gasteiger partial charge is 0.218 e. The van der Waals surface area contributed by atoms with Crippen molar-refractivity contribution in [2.75, 3.05) is 67.3 Å². The van der Waals surface area contributed by atoms with Crippen molar-refractivity contribution in [1.29, 1.82) is 0 Å². The van der Waals surface area contributed by atoms with Gasteiger partial charge in [-0.25, -0.2) is 13.1 Å². The number of para-hydroxylation sites is 1. The lowest BCUT2D eigenvalue weighted by Crippen LogP contribution is -2.44. The van der Waals surface area contributed by atoms with E-state index in [0.29, 0.717) is 43.4 Å². The van der Waals surface area contributed by atoms with Gasteiger partial charge in [0.15, 0.2) is 11.5 Å². The monoisotopic (exact) mass is 415 g/mol. The first-order chi connectivity index (χ1) is 13.5. The van der Waals surface area contributed by atoms with E-state index in [4.69, 9.17) is 19.0 Å². The number of nitrogens with one attached hydrogen (secondary N) is 1. The molecule has 10 heteroatoms. The summed E-state index contributed by atoms with van der Waals surface area (Å²) in [4.78, 5) is 7.77. The normalized spacial score (nSPS) is 24.4. The average molecular weight is 416 g/mol. The molecule has 28 heavy (non-hydrogen) atoms.